The topological polar surface area (TPSA) is 102 Å². The number of nitrogen functional groups attached to an aromatic ring is 1. The molecule has 0 bridgehead atoms. The summed E-state index contributed by atoms with van der Waals surface area (Å²) in [7, 11) is 0. The molecule has 0 amide bonds. The van der Waals surface area contributed by atoms with Crippen molar-refractivity contribution in [1.29, 1.82) is 5.41 Å². The van der Waals surface area contributed by atoms with Crippen molar-refractivity contribution in [3.63, 3.8) is 0 Å². The third kappa shape index (κ3) is 1.93. The van der Waals surface area contributed by atoms with Gasteiger partial charge in [0.15, 0.2) is 0 Å². The van der Waals surface area contributed by atoms with Crippen LogP contribution in [0.4, 0.5) is 5.95 Å². The van der Waals surface area contributed by atoms with E-state index in [0.717, 1.165) is 29.5 Å². The molecule has 1 heterocycles. The van der Waals surface area contributed by atoms with Crippen LogP contribution in [0.1, 0.15) is 18.4 Å². The molecule has 1 aliphatic rings. The summed E-state index contributed by atoms with van der Waals surface area (Å²) in [6.45, 7) is 0. The quantitative estimate of drug-likeness (QED) is 0.572. The highest BCUT2D eigenvalue weighted by atomic mass is 15.0. The highest BCUT2D eigenvalue weighted by molar-refractivity contribution is 5.92. The second kappa shape index (κ2) is 4.05. The molecule has 2 aromatic rings. The van der Waals surface area contributed by atoms with Crippen LogP contribution in [0.2, 0.25) is 0 Å². The van der Waals surface area contributed by atoms with Crippen LogP contribution in [-0.4, -0.2) is 15.8 Å². The van der Waals surface area contributed by atoms with Crippen LogP contribution < -0.4 is 11.5 Å². The molecule has 0 spiro atoms. The van der Waals surface area contributed by atoms with Gasteiger partial charge in [-0.05, 0) is 24.0 Å². The smallest absolute Gasteiger partial charge is 0.219 e. The maximum Gasteiger partial charge on any atom is 0.219 e. The van der Waals surface area contributed by atoms with Crippen LogP contribution in [0.3, 0.4) is 0 Å². The maximum atomic E-state index is 7.68. The first kappa shape index (κ1) is 11.6. The van der Waals surface area contributed by atoms with Gasteiger partial charge in [-0.1, -0.05) is 24.3 Å². The van der Waals surface area contributed by atoms with Crippen LogP contribution in [0, 0.1) is 5.41 Å². The molecular weight excluding hydrogens is 238 g/mol. The largest absolute Gasteiger partial charge is 0.387 e. The number of anilines is 1. The Morgan fingerprint density at radius 1 is 1.05 bits per heavy atom. The van der Waals surface area contributed by atoms with Gasteiger partial charge in [-0.15, -0.1) is 0 Å². The van der Waals surface area contributed by atoms with Gasteiger partial charge < -0.3 is 11.5 Å². The number of benzene rings is 1. The first-order valence-corrected chi connectivity index (χ1v) is 6.15. The summed E-state index contributed by atoms with van der Waals surface area (Å²) in [4.78, 5) is 7.96. The first-order chi connectivity index (χ1) is 9.12. The van der Waals surface area contributed by atoms with E-state index in [9.17, 15) is 0 Å². The molecule has 0 saturated heterocycles. The highest BCUT2D eigenvalue weighted by Gasteiger charge is 2.47. The van der Waals surface area contributed by atoms with Crippen molar-refractivity contribution in [3.8, 4) is 11.1 Å². The number of nitrogens with zero attached hydrogens (tertiary/aromatic N) is 2. The van der Waals surface area contributed by atoms with E-state index < -0.39 is 0 Å². The molecule has 0 unspecified atom stereocenters. The predicted octanol–water partition coefficient (Wildman–Crippen LogP) is 1.69. The van der Waals surface area contributed by atoms with Crippen LogP contribution >= 0.6 is 0 Å². The normalized spacial score (nSPS) is 16.0. The van der Waals surface area contributed by atoms with Crippen LogP contribution in [0.15, 0.2) is 36.7 Å². The summed E-state index contributed by atoms with van der Waals surface area (Å²) in [6, 6.07) is 8.07. The standard InChI is InChI=1S/C14H15N5/c15-12(16)14(5-6-14)11-3-1-9(2-4-11)10-7-18-13(17)19-8-10/h1-4,7-8H,5-6H2,(H3,15,16)(H2,17,18,19). The van der Waals surface area contributed by atoms with E-state index in [1.807, 2.05) is 24.3 Å². The van der Waals surface area contributed by atoms with Gasteiger partial charge in [0.1, 0.15) is 5.84 Å². The molecule has 96 valence electrons. The number of hydrogen-bond acceptors (Lipinski definition) is 4. The lowest BCUT2D eigenvalue weighted by Gasteiger charge is -2.14. The average Bonchev–Trinajstić information content (AvgIpc) is 3.21. The molecule has 0 aliphatic heterocycles. The predicted molar refractivity (Wildman–Crippen MR) is 74.7 cm³/mol. The number of amidine groups is 1. The second-order valence-electron chi connectivity index (χ2n) is 4.90. The summed E-state index contributed by atoms with van der Waals surface area (Å²) < 4.78 is 0. The van der Waals surface area contributed by atoms with Crippen molar-refractivity contribution in [2.45, 2.75) is 18.3 Å². The highest BCUT2D eigenvalue weighted by Crippen LogP contribution is 2.48. The van der Waals surface area contributed by atoms with Gasteiger partial charge in [-0.25, -0.2) is 9.97 Å². The van der Waals surface area contributed by atoms with Crippen molar-refractivity contribution in [2.24, 2.45) is 5.73 Å². The molecule has 1 saturated carbocycles. The second-order valence-corrected chi connectivity index (χ2v) is 4.90. The molecule has 0 radical (unpaired) electrons. The van der Waals surface area contributed by atoms with Crippen molar-refractivity contribution < 1.29 is 0 Å². The minimum absolute atomic E-state index is 0.212. The van der Waals surface area contributed by atoms with Crippen molar-refractivity contribution >= 4 is 11.8 Å². The summed E-state index contributed by atoms with van der Waals surface area (Å²) >= 11 is 0. The summed E-state index contributed by atoms with van der Waals surface area (Å²) in [5.74, 6) is 0.532. The molecule has 5 N–H and O–H groups in total. The Kier molecular flexibility index (Phi) is 2.48. The molecule has 5 heteroatoms. The average molecular weight is 253 g/mol. The van der Waals surface area contributed by atoms with Gasteiger partial charge in [0.25, 0.3) is 0 Å². The lowest BCUT2D eigenvalue weighted by Crippen LogP contribution is -2.27. The fourth-order valence-electron chi connectivity index (χ4n) is 2.31. The third-order valence-corrected chi connectivity index (χ3v) is 3.71. The number of rotatable bonds is 3. The maximum absolute atomic E-state index is 7.68. The molecule has 0 atom stereocenters. The minimum atomic E-state index is -0.212. The Morgan fingerprint density at radius 2 is 1.63 bits per heavy atom. The molecule has 3 rings (SSSR count). The van der Waals surface area contributed by atoms with E-state index in [1.54, 1.807) is 12.4 Å². The third-order valence-electron chi connectivity index (χ3n) is 3.71. The molecule has 1 aromatic heterocycles. The molecule has 5 nitrogen and oxygen atoms in total. The number of nitrogens with one attached hydrogen (secondary N) is 1. The summed E-state index contributed by atoms with van der Waals surface area (Å²) in [5, 5.41) is 7.68. The van der Waals surface area contributed by atoms with Gasteiger partial charge >= 0.3 is 0 Å². The Morgan fingerprint density at radius 3 is 2.11 bits per heavy atom. The molecular formula is C14H15N5. The number of hydrogen-bond donors (Lipinski definition) is 3. The first-order valence-electron chi connectivity index (χ1n) is 6.15. The number of nitrogens with two attached hydrogens (primary N) is 2. The summed E-state index contributed by atoms with van der Waals surface area (Å²) in [5.41, 5.74) is 14.0. The fourth-order valence-corrected chi connectivity index (χ4v) is 2.31. The Hall–Kier alpha value is -2.43. The molecule has 1 fully saturated rings. The van der Waals surface area contributed by atoms with Gasteiger partial charge in [0, 0.05) is 18.0 Å². The zero-order valence-electron chi connectivity index (χ0n) is 10.4. The van der Waals surface area contributed by atoms with Crippen LogP contribution in [0.25, 0.3) is 11.1 Å². The van der Waals surface area contributed by atoms with Crippen LogP contribution in [0.5, 0.6) is 0 Å². The lowest BCUT2D eigenvalue weighted by atomic mass is 9.93. The Labute approximate surface area is 111 Å². The van der Waals surface area contributed by atoms with E-state index in [0.29, 0.717) is 0 Å². The zero-order chi connectivity index (χ0) is 13.5. The Balaban J connectivity index is 1.91. The molecule has 1 aliphatic carbocycles. The van der Waals surface area contributed by atoms with E-state index in [-0.39, 0.29) is 17.2 Å². The summed E-state index contributed by atoms with van der Waals surface area (Å²) in [6.07, 6.45) is 5.34. The zero-order valence-corrected chi connectivity index (χ0v) is 10.4. The van der Waals surface area contributed by atoms with Gasteiger partial charge in [0.05, 0.1) is 5.41 Å². The van der Waals surface area contributed by atoms with E-state index in [1.165, 1.54) is 0 Å². The Bertz CT molecular complexity index is 611. The number of aromatic nitrogens is 2. The van der Waals surface area contributed by atoms with E-state index >= 15 is 0 Å². The van der Waals surface area contributed by atoms with Gasteiger partial charge in [0.2, 0.25) is 5.95 Å². The van der Waals surface area contributed by atoms with Gasteiger partial charge in [-0.2, -0.15) is 0 Å². The molecule has 19 heavy (non-hydrogen) atoms. The van der Waals surface area contributed by atoms with E-state index in [2.05, 4.69) is 9.97 Å². The molecule has 1 aromatic carbocycles. The minimum Gasteiger partial charge on any atom is -0.387 e. The lowest BCUT2D eigenvalue weighted by molar-refractivity contribution is 0.923. The van der Waals surface area contributed by atoms with Crippen LogP contribution in [-0.2, 0) is 5.41 Å². The fraction of sp³-hybridized carbons (Fsp3) is 0.214. The monoisotopic (exact) mass is 253 g/mol. The van der Waals surface area contributed by atoms with Crippen molar-refractivity contribution in [1.82, 2.24) is 9.97 Å². The van der Waals surface area contributed by atoms with Crippen molar-refractivity contribution in [3.05, 3.63) is 42.2 Å². The van der Waals surface area contributed by atoms with Crippen molar-refractivity contribution in [2.75, 3.05) is 5.73 Å². The SMILES string of the molecule is N=C(N)C1(c2ccc(-c3cnc(N)nc3)cc2)CC1. The van der Waals surface area contributed by atoms with Gasteiger partial charge in [-0.3, -0.25) is 5.41 Å². The van der Waals surface area contributed by atoms with E-state index in [4.69, 9.17) is 16.9 Å².